The Morgan fingerprint density at radius 1 is 1.00 bits per heavy atom. The predicted molar refractivity (Wildman–Crippen MR) is 124 cm³/mol. The second-order valence-electron chi connectivity index (χ2n) is 8.03. The molecule has 166 valence electrons. The Bertz CT molecular complexity index is 1080. The predicted octanol–water partition coefficient (Wildman–Crippen LogP) is 4.53. The average molecular weight is 451 g/mol. The number of amides is 1. The van der Waals surface area contributed by atoms with Crippen LogP contribution in [-0.2, 0) is 13.0 Å². The van der Waals surface area contributed by atoms with Crippen LogP contribution in [0.25, 0.3) is 0 Å². The van der Waals surface area contributed by atoms with E-state index in [0.717, 1.165) is 53.8 Å². The van der Waals surface area contributed by atoms with E-state index in [1.165, 1.54) is 17.8 Å². The molecule has 0 saturated carbocycles. The van der Waals surface area contributed by atoms with Crippen molar-refractivity contribution in [3.05, 3.63) is 57.9 Å². The summed E-state index contributed by atoms with van der Waals surface area (Å²) in [6.45, 7) is 3.01. The number of rotatable bonds is 5. The van der Waals surface area contributed by atoms with Crippen LogP contribution in [0.2, 0.25) is 0 Å². The van der Waals surface area contributed by atoms with Crippen molar-refractivity contribution in [2.45, 2.75) is 32.2 Å². The zero-order chi connectivity index (χ0) is 21.9. The zero-order valence-corrected chi connectivity index (χ0v) is 18.9. The first-order valence-corrected chi connectivity index (χ1v) is 11.9. The van der Waals surface area contributed by atoms with Crippen molar-refractivity contribution in [2.75, 3.05) is 31.6 Å². The molecular weight excluding hydrogens is 424 g/mol. The highest BCUT2D eigenvalue weighted by Crippen LogP contribution is 2.33. The van der Waals surface area contributed by atoms with Crippen molar-refractivity contribution in [1.29, 1.82) is 0 Å². The van der Waals surface area contributed by atoms with Gasteiger partial charge >= 0.3 is 0 Å². The van der Waals surface area contributed by atoms with E-state index in [-0.39, 0.29) is 5.91 Å². The lowest BCUT2D eigenvalue weighted by molar-refractivity contribution is 0.0737. The summed E-state index contributed by atoms with van der Waals surface area (Å²) < 4.78 is 11.5. The minimum Gasteiger partial charge on any atom is -0.497 e. The second kappa shape index (κ2) is 9.16. The summed E-state index contributed by atoms with van der Waals surface area (Å²) in [6.07, 6.45) is 4.24. The van der Waals surface area contributed by atoms with Gasteiger partial charge in [-0.25, -0.2) is 4.98 Å². The fourth-order valence-electron chi connectivity index (χ4n) is 4.18. The molecule has 8 heteroatoms. The first-order chi connectivity index (χ1) is 15.7. The number of ether oxygens (including phenoxy) is 2. The second-order valence-corrected chi connectivity index (χ2v) is 8.98. The third-order valence-electron chi connectivity index (χ3n) is 5.94. The van der Waals surface area contributed by atoms with Gasteiger partial charge in [-0.2, -0.15) is 4.98 Å². The number of carbonyl (C=O) groups excluding carboxylic acids is 1. The molecule has 4 heterocycles. The molecule has 7 nitrogen and oxygen atoms in total. The van der Waals surface area contributed by atoms with Gasteiger partial charge in [0.05, 0.1) is 29.8 Å². The molecule has 1 saturated heterocycles. The van der Waals surface area contributed by atoms with E-state index in [1.807, 2.05) is 46.7 Å². The van der Waals surface area contributed by atoms with Gasteiger partial charge in [0, 0.05) is 26.1 Å². The van der Waals surface area contributed by atoms with E-state index in [0.29, 0.717) is 31.1 Å². The summed E-state index contributed by atoms with van der Waals surface area (Å²) in [6, 6.07) is 11.2. The molecule has 2 aromatic heterocycles. The van der Waals surface area contributed by atoms with Gasteiger partial charge in [0.2, 0.25) is 11.8 Å². The largest absolute Gasteiger partial charge is 0.497 e. The quantitative estimate of drug-likeness (QED) is 0.569. The van der Waals surface area contributed by atoms with Crippen LogP contribution in [0.1, 0.15) is 40.2 Å². The number of fused-ring (bicyclic) bond motifs is 1. The zero-order valence-electron chi connectivity index (χ0n) is 18.1. The molecule has 0 spiro atoms. The van der Waals surface area contributed by atoms with Crippen molar-refractivity contribution < 1.29 is 14.3 Å². The number of aromatic nitrogens is 2. The minimum absolute atomic E-state index is 0.0427. The number of hydrogen-bond donors (Lipinski definition) is 0. The van der Waals surface area contributed by atoms with Crippen LogP contribution in [0.3, 0.4) is 0 Å². The number of anilines is 1. The molecule has 1 fully saturated rings. The maximum absolute atomic E-state index is 13.0. The van der Waals surface area contributed by atoms with Crippen LogP contribution in [0.5, 0.6) is 17.4 Å². The Labute approximate surface area is 191 Å². The van der Waals surface area contributed by atoms with Crippen molar-refractivity contribution in [1.82, 2.24) is 14.9 Å². The highest BCUT2D eigenvalue weighted by Gasteiger charge is 2.29. The number of hydrogen-bond acceptors (Lipinski definition) is 7. The van der Waals surface area contributed by atoms with Crippen molar-refractivity contribution in [3.63, 3.8) is 0 Å². The van der Waals surface area contributed by atoms with Crippen LogP contribution in [0, 0.1) is 0 Å². The van der Waals surface area contributed by atoms with Gasteiger partial charge in [-0.15, -0.1) is 11.3 Å². The minimum atomic E-state index is 0.0427. The number of benzene rings is 1. The third kappa shape index (κ3) is 4.27. The molecule has 5 rings (SSSR count). The molecule has 1 amide bonds. The molecule has 2 aliphatic heterocycles. The van der Waals surface area contributed by atoms with E-state index in [2.05, 4.69) is 4.90 Å². The lowest BCUT2D eigenvalue weighted by atomic mass is 10.1. The standard InChI is InChI=1S/C24H26N4O3S/c1-30-17-7-9-18(10-8-17)31-22-19-16-28(23(29)21-6-5-15-32-21)14-11-20(19)25-24(26-22)27-12-3-2-4-13-27/h5-10,15H,2-4,11-14,16H2,1H3. The highest BCUT2D eigenvalue weighted by molar-refractivity contribution is 7.12. The van der Waals surface area contributed by atoms with E-state index in [9.17, 15) is 4.79 Å². The lowest BCUT2D eigenvalue weighted by Crippen LogP contribution is -2.37. The average Bonchev–Trinajstić information content (AvgIpc) is 3.39. The normalized spacial score (nSPS) is 15.9. The fourth-order valence-corrected chi connectivity index (χ4v) is 4.87. The molecule has 0 atom stereocenters. The SMILES string of the molecule is COc1ccc(Oc2nc(N3CCCCC3)nc3c2CN(C(=O)c2cccs2)CC3)cc1. The van der Waals surface area contributed by atoms with Crippen LogP contribution in [0.4, 0.5) is 5.95 Å². The maximum atomic E-state index is 13.0. The van der Waals surface area contributed by atoms with Crippen LogP contribution >= 0.6 is 11.3 Å². The topological polar surface area (TPSA) is 67.8 Å². The summed E-state index contributed by atoms with van der Waals surface area (Å²) in [4.78, 5) is 27.5. The Morgan fingerprint density at radius 3 is 2.50 bits per heavy atom. The Kier molecular flexibility index (Phi) is 5.94. The Hall–Kier alpha value is -3.13. The van der Waals surface area contributed by atoms with Gasteiger partial charge in [0.1, 0.15) is 11.5 Å². The first-order valence-electron chi connectivity index (χ1n) is 11.0. The van der Waals surface area contributed by atoms with Crippen LogP contribution in [-0.4, -0.2) is 47.5 Å². The van der Waals surface area contributed by atoms with E-state index >= 15 is 0 Å². The molecule has 2 aliphatic rings. The van der Waals surface area contributed by atoms with E-state index in [4.69, 9.17) is 19.4 Å². The molecule has 0 aliphatic carbocycles. The monoisotopic (exact) mass is 450 g/mol. The third-order valence-corrected chi connectivity index (χ3v) is 6.80. The highest BCUT2D eigenvalue weighted by atomic mass is 32.1. The van der Waals surface area contributed by atoms with Gasteiger partial charge in [-0.3, -0.25) is 4.79 Å². The van der Waals surface area contributed by atoms with Crippen molar-refractivity contribution in [2.24, 2.45) is 0 Å². The fraction of sp³-hybridized carbons (Fsp3) is 0.375. The lowest BCUT2D eigenvalue weighted by Gasteiger charge is -2.31. The van der Waals surface area contributed by atoms with Crippen LogP contribution < -0.4 is 14.4 Å². The van der Waals surface area contributed by atoms with Crippen molar-refractivity contribution >= 4 is 23.2 Å². The van der Waals surface area contributed by atoms with Gasteiger partial charge < -0.3 is 19.3 Å². The molecule has 1 aromatic carbocycles. The number of methoxy groups -OCH3 is 1. The molecule has 0 unspecified atom stereocenters. The summed E-state index contributed by atoms with van der Waals surface area (Å²) >= 11 is 1.47. The molecule has 0 bridgehead atoms. The first kappa shape index (κ1) is 20.8. The van der Waals surface area contributed by atoms with Crippen LogP contribution in [0.15, 0.2) is 41.8 Å². The summed E-state index contributed by atoms with van der Waals surface area (Å²) in [5.74, 6) is 2.75. The summed E-state index contributed by atoms with van der Waals surface area (Å²) in [7, 11) is 1.64. The molecule has 3 aromatic rings. The number of thiophene rings is 1. The Balaban J connectivity index is 1.48. The smallest absolute Gasteiger partial charge is 0.264 e. The molecule has 0 radical (unpaired) electrons. The van der Waals surface area contributed by atoms with E-state index < -0.39 is 0 Å². The maximum Gasteiger partial charge on any atom is 0.264 e. The Morgan fingerprint density at radius 2 is 1.78 bits per heavy atom. The summed E-state index contributed by atoms with van der Waals surface area (Å²) in [5, 5.41) is 1.93. The van der Waals surface area contributed by atoms with Gasteiger partial charge in [0.25, 0.3) is 5.91 Å². The summed E-state index contributed by atoms with van der Waals surface area (Å²) in [5.41, 5.74) is 1.86. The van der Waals surface area contributed by atoms with Crippen molar-refractivity contribution in [3.8, 4) is 17.4 Å². The molecular formula is C24H26N4O3S. The van der Waals surface area contributed by atoms with Gasteiger partial charge in [-0.05, 0) is 55.0 Å². The van der Waals surface area contributed by atoms with Gasteiger partial charge in [-0.1, -0.05) is 6.07 Å². The number of nitrogens with zero attached hydrogens (tertiary/aromatic N) is 4. The van der Waals surface area contributed by atoms with Gasteiger partial charge in [0.15, 0.2) is 0 Å². The number of piperidine rings is 1. The molecule has 32 heavy (non-hydrogen) atoms. The molecule has 0 N–H and O–H groups in total. The number of carbonyl (C=O) groups is 1. The van der Waals surface area contributed by atoms with E-state index in [1.54, 1.807) is 7.11 Å².